The maximum absolute atomic E-state index is 11.7. The lowest BCUT2D eigenvalue weighted by molar-refractivity contribution is 0.0940. The molecule has 0 atom stereocenters. The average molecular weight is 249 g/mol. The van der Waals surface area contributed by atoms with Gasteiger partial charge < -0.3 is 20.5 Å². The molecule has 18 heavy (non-hydrogen) atoms. The van der Waals surface area contributed by atoms with Crippen molar-refractivity contribution in [2.45, 2.75) is 0 Å². The van der Waals surface area contributed by atoms with Gasteiger partial charge in [-0.25, -0.2) is 0 Å². The van der Waals surface area contributed by atoms with Crippen LogP contribution in [0.5, 0.6) is 5.75 Å². The molecule has 4 N–H and O–H groups in total. The van der Waals surface area contributed by atoms with E-state index >= 15 is 0 Å². The number of nitrogens with one attached hydrogen (secondary N) is 2. The second-order valence-electron chi connectivity index (χ2n) is 3.56. The molecule has 2 rings (SSSR count). The summed E-state index contributed by atoms with van der Waals surface area (Å²) in [6.45, 7) is -0.256. The van der Waals surface area contributed by atoms with Crippen molar-refractivity contribution in [2.75, 3.05) is 13.2 Å². The number of pyridine rings is 2. The molecule has 0 aromatic carbocycles. The molecule has 7 heteroatoms. The number of fused-ring (bicyclic) bond motifs is 1. The van der Waals surface area contributed by atoms with Crippen LogP contribution in [-0.2, 0) is 0 Å². The first-order valence-electron chi connectivity index (χ1n) is 5.24. The number of aliphatic hydroxyl groups is 1. The molecule has 2 aromatic heterocycles. The van der Waals surface area contributed by atoms with Crippen LogP contribution >= 0.6 is 0 Å². The van der Waals surface area contributed by atoms with Gasteiger partial charge in [0.15, 0.2) is 5.75 Å². The lowest BCUT2D eigenvalue weighted by Crippen LogP contribution is -2.31. The Labute approximate surface area is 101 Å². The molecule has 0 aliphatic rings. The second kappa shape index (κ2) is 4.84. The fraction of sp³-hybridized carbons (Fsp3) is 0.182. The zero-order valence-electron chi connectivity index (χ0n) is 9.30. The van der Waals surface area contributed by atoms with E-state index in [1.807, 2.05) is 0 Å². The number of hydrogen-bond donors (Lipinski definition) is 4. The van der Waals surface area contributed by atoms with Crippen LogP contribution in [0, 0.1) is 0 Å². The first kappa shape index (κ1) is 12.1. The van der Waals surface area contributed by atoms with Crippen LogP contribution < -0.4 is 10.9 Å². The summed E-state index contributed by atoms with van der Waals surface area (Å²) >= 11 is 0. The summed E-state index contributed by atoms with van der Waals surface area (Å²) in [5.41, 5.74) is -0.622. The molecule has 2 heterocycles. The maximum atomic E-state index is 11.7. The standard InChI is InChI=1S/C11H11N3O4/c15-5-4-13-10(17)7-9(16)8-6(14-11(7)18)2-1-3-12-8/h1-3,15H,4-5H2,(H,13,17)(H2,14,16,18). The van der Waals surface area contributed by atoms with Gasteiger partial charge in [0.1, 0.15) is 11.1 Å². The third-order valence-electron chi connectivity index (χ3n) is 2.37. The van der Waals surface area contributed by atoms with E-state index in [2.05, 4.69) is 15.3 Å². The minimum Gasteiger partial charge on any atom is -0.505 e. The summed E-state index contributed by atoms with van der Waals surface area (Å²) < 4.78 is 0. The van der Waals surface area contributed by atoms with Gasteiger partial charge in [-0.05, 0) is 12.1 Å². The summed E-state index contributed by atoms with van der Waals surface area (Å²) in [5, 5.41) is 20.8. The Kier molecular flexibility index (Phi) is 3.24. The van der Waals surface area contributed by atoms with Gasteiger partial charge in [-0.3, -0.25) is 14.6 Å². The van der Waals surface area contributed by atoms with Crippen LogP contribution in [0.2, 0.25) is 0 Å². The van der Waals surface area contributed by atoms with Gasteiger partial charge in [0.2, 0.25) is 0 Å². The van der Waals surface area contributed by atoms with E-state index in [9.17, 15) is 14.7 Å². The molecule has 94 valence electrons. The Morgan fingerprint density at radius 2 is 2.28 bits per heavy atom. The molecule has 0 aliphatic carbocycles. The third kappa shape index (κ3) is 2.03. The Morgan fingerprint density at radius 3 is 3.00 bits per heavy atom. The number of rotatable bonds is 3. The van der Waals surface area contributed by atoms with Gasteiger partial charge in [-0.15, -0.1) is 0 Å². The number of hydrogen-bond acceptors (Lipinski definition) is 5. The lowest BCUT2D eigenvalue weighted by Gasteiger charge is -2.06. The number of aliphatic hydroxyl groups excluding tert-OH is 1. The summed E-state index contributed by atoms with van der Waals surface area (Å²) in [4.78, 5) is 29.7. The van der Waals surface area contributed by atoms with Gasteiger partial charge in [0.25, 0.3) is 11.5 Å². The monoisotopic (exact) mass is 249 g/mol. The fourth-order valence-electron chi connectivity index (χ4n) is 1.57. The van der Waals surface area contributed by atoms with Crippen molar-refractivity contribution in [1.82, 2.24) is 15.3 Å². The van der Waals surface area contributed by atoms with Crippen LogP contribution in [0.4, 0.5) is 0 Å². The molecule has 0 aliphatic heterocycles. The van der Waals surface area contributed by atoms with Crippen molar-refractivity contribution in [3.05, 3.63) is 34.2 Å². The van der Waals surface area contributed by atoms with E-state index in [4.69, 9.17) is 5.11 Å². The van der Waals surface area contributed by atoms with Crippen molar-refractivity contribution in [3.63, 3.8) is 0 Å². The summed E-state index contributed by atoms with van der Waals surface area (Å²) in [7, 11) is 0. The van der Waals surface area contributed by atoms with E-state index < -0.39 is 22.8 Å². The van der Waals surface area contributed by atoms with Crippen molar-refractivity contribution < 1.29 is 15.0 Å². The molecular formula is C11H11N3O4. The molecule has 0 saturated heterocycles. The molecule has 0 radical (unpaired) electrons. The predicted molar refractivity (Wildman–Crippen MR) is 63.4 cm³/mol. The lowest BCUT2D eigenvalue weighted by atomic mass is 10.2. The first-order valence-corrected chi connectivity index (χ1v) is 5.24. The Balaban J connectivity index is 2.57. The summed E-state index contributed by atoms with van der Waals surface area (Å²) in [6, 6.07) is 3.17. The van der Waals surface area contributed by atoms with Crippen LogP contribution in [0.25, 0.3) is 11.0 Å². The normalized spacial score (nSPS) is 10.5. The molecule has 7 nitrogen and oxygen atoms in total. The molecule has 0 saturated carbocycles. The predicted octanol–water partition coefficient (Wildman–Crippen LogP) is -0.649. The fourth-order valence-corrected chi connectivity index (χ4v) is 1.57. The van der Waals surface area contributed by atoms with Crippen molar-refractivity contribution in [1.29, 1.82) is 0 Å². The molecule has 0 fully saturated rings. The smallest absolute Gasteiger partial charge is 0.265 e. The zero-order valence-corrected chi connectivity index (χ0v) is 9.30. The SMILES string of the molecule is O=C(NCCO)c1c(O)c2ncccc2[nH]c1=O. The van der Waals surface area contributed by atoms with E-state index in [-0.39, 0.29) is 18.7 Å². The minimum atomic E-state index is -0.754. The average Bonchev–Trinajstić information content (AvgIpc) is 2.36. The van der Waals surface area contributed by atoms with Crippen molar-refractivity contribution >= 4 is 16.9 Å². The number of aromatic amines is 1. The van der Waals surface area contributed by atoms with Crippen LogP contribution in [-0.4, -0.2) is 39.2 Å². The van der Waals surface area contributed by atoms with E-state index in [1.54, 1.807) is 12.1 Å². The third-order valence-corrected chi connectivity index (χ3v) is 2.37. The number of H-pyrrole nitrogens is 1. The van der Waals surface area contributed by atoms with Gasteiger partial charge in [0, 0.05) is 12.7 Å². The number of nitrogens with zero attached hydrogens (tertiary/aromatic N) is 1. The van der Waals surface area contributed by atoms with Gasteiger partial charge in [-0.1, -0.05) is 0 Å². The summed E-state index contributed by atoms with van der Waals surface area (Å²) in [6.07, 6.45) is 1.44. The largest absolute Gasteiger partial charge is 0.505 e. The van der Waals surface area contributed by atoms with Crippen molar-refractivity contribution in [2.24, 2.45) is 0 Å². The maximum Gasteiger partial charge on any atom is 0.265 e. The molecule has 0 spiro atoms. The highest BCUT2D eigenvalue weighted by Gasteiger charge is 2.19. The molecule has 2 aromatic rings. The number of carbonyl (C=O) groups excluding carboxylic acids is 1. The minimum absolute atomic E-state index is 0.00202. The summed E-state index contributed by atoms with van der Waals surface area (Å²) in [5.74, 6) is -1.22. The molecule has 0 unspecified atom stereocenters. The number of amides is 1. The van der Waals surface area contributed by atoms with Crippen molar-refractivity contribution in [3.8, 4) is 5.75 Å². The highest BCUT2D eigenvalue weighted by atomic mass is 16.3. The van der Waals surface area contributed by atoms with Gasteiger partial charge in [0.05, 0.1) is 12.1 Å². The molecular weight excluding hydrogens is 238 g/mol. The van der Waals surface area contributed by atoms with Crippen LogP contribution in [0.3, 0.4) is 0 Å². The quantitative estimate of drug-likeness (QED) is 0.577. The highest BCUT2D eigenvalue weighted by molar-refractivity contribution is 6.00. The van der Waals surface area contributed by atoms with Gasteiger partial charge >= 0.3 is 0 Å². The Hall–Kier alpha value is -2.41. The Bertz CT molecular complexity index is 650. The topological polar surface area (TPSA) is 115 Å². The molecule has 0 bridgehead atoms. The highest BCUT2D eigenvalue weighted by Crippen LogP contribution is 2.21. The second-order valence-corrected chi connectivity index (χ2v) is 3.56. The van der Waals surface area contributed by atoms with Crippen LogP contribution in [0.15, 0.2) is 23.1 Å². The van der Waals surface area contributed by atoms with Crippen LogP contribution in [0.1, 0.15) is 10.4 Å². The number of aromatic hydroxyl groups is 1. The molecule has 1 amide bonds. The van der Waals surface area contributed by atoms with E-state index in [0.29, 0.717) is 5.52 Å². The number of carbonyl (C=O) groups is 1. The van der Waals surface area contributed by atoms with E-state index in [0.717, 1.165) is 0 Å². The van der Waals surface area contributed by atoms with Gasteiger partial charge in [-0.2, -0.15) is 0 Å². The number of aromatic nitrogens is 2. The van der Waals surface area contributed by atoms with E-state index in [1.165, 1.54) is 6.20 Å². The first-order chi connectivity index (χ1) is 8.65. The Morgan fingerprint density at radius 1 is 1.50 bits per heavy atom. The zero-order chi connectivity index (χ0) is 13.1.